The molecule has 0 heterocycles. The zero-order valence-corrected chi connectivity index (χ0v) is 20.3. The number of carboxylic acids is 1. The molecule has 4 atom stereocenters. The first-order valence-corrected chi connectivity index (χ1v) is 13.4. The number of nitrogens with two attached hydrogens (primary N) is 1. The van der Waals surface area contributed by atoms with E-state index in [2.05, 4.69) is 5.32 Å². The molecule has 0 aliphatic rings. The van der Waals surface area contributed by atoms with Crippen molar-refractivity contribution in [2.24, 2.45) is 11.7 Å². The van der Waals surface area contributed by atoms with Crippen molar-refractivity contribution in [1.82, 2.24) is 5.32 Å². The summed E-state index contributed by atoms with van der Waals surface area (Å²) in [4.78, 5) is 36.0. The van der Waals surface area contributed by atoms with Crippen molar-refractivity contribution < 1.29 is 24.2 Å². The van der Waals surface area contributed by atoms with E-state index < -0.39 is 37.0 Å². The smallest absolute Gasteiger partial charge is 0.326 e. The predicted octanol–water partition coefficient (Wildman–Crippen LogP) is 3.46. The van der Waals surface area contributed by atoms with E-state index in [1.807, 2.05) is 66.7 Å². The van der Waals surface area contributed by atoms with Crippen LogP contribution in [-0.4, -0.2) is 39.9 Å². The molecule has 0 saturated carbocycles. The number of carbonyl (C=O) groups excluding carboxylic acids is 1. The van der Waals surface area contributed by atoms with Gasteiger partial charge in [0.25, 0.3) is 0 Å². The molecule has 0 fully saturated rings. The lowest BCUT2D eigenvalue weighted by Crippen LogP contribution is -2.46. The van der Waals surface area contributed by atoms with Crippen molar-refractivity contribution in [2.75, 3.05) is 6.16 Å². The second-order valence-electron chi connectivity index (χ2n) is 8.67. The highest BCUT2D eigenvalue weighted by Gasteiger charge is 2.35. The van der Waals surface area contributed by atoms with Crippen molar-refractivity contribution >= 4 is 19.2 Å². The van der Waals surface area contributed by atoms with Crippen LogP contribution in [0.1, 0.15) is 16.7 Å². The highest BCUT2D eigenvalue weighted by molar-refractivity contribution is 7.58. The van der Waals surface area contributed by atoms with E-state index in [-0.39, 0.29) is 25.4 Å². The van der Waals surface area contributed by atoms with Crippen LogP contribution in [0.15, 0.2) is 91.0 Å². The highest BCUT2D eigenvalue weighted by atomic mass is 31.2. The Hall–Kier alpha value is -3.25. The first-order chi connectivity index (χ1) is 16.7. The summed E-state index contributed by atoms with van der Waals surface area (Å²) in [6, 6.07) is 26.1. The van der Waals surface area contributed by atoms with Gasteiger partial charge in [0.05, 0.1) is 11.7 Å². The SMILES string of the molecule is N[C@@H](Cc1ccccc1)P(=O)(O)C[C@@H](Cc1ccccc1)C(=O)N[C@@H](Cc1ccccc1)C(=O)O. The highest BCUT2D eigenvalue weighted by Crippen LogP contribution is 2.47. The van der Waals surface area contributed by atoms with Crippen LogP contribution in [-0.2, 0) is 33.4 Å². The summed E-state index contributed by atoms with van der Waals surface area (Å²) in [6.07, 6.45) is 0.136. The number of rotatable bonds is 12. The number of carboxylic acid groups (broad SMARTS) is 1. The molecule has 3 aromatic rings. The summed E-state index contributed by atoms with van der Waals surface area (Å²) in [6.45, 7) is 0. The minimum absolute atomic E-state index is 0.101. The zero-order valence-electron chi connectivity index (χ0n) is 19.4. The summed E-state index contributed by atoms with van der Waals surface area (Å²) in [5.74, 6) is -3.73. The molecule has 0 saturated heterocycles. The third-order valence-corrected chi connectivity index (χ3v) is 8.06. The van der Waals surface area contributed by atoms with Gasteiger partial charge in [-0.25, -0.2) is 4.79 Å². The maximum Gasteiger partial charge on any atom is 0.326 e. The van der Waals surface area contributed by atoms with Crippen molar-refractivity contribution in [3.63, 3.8) is 0 Å². The maximum absolute atomic E-state index is 13.3. The van der Waals surface area contributed by atoms with Gasteiger partial charge >= 0.3 is 5.97 Å². The van der Waals surface area contributed by atoms with E-state index in [0.717, 1.165) is 16.7 Å². The third kappa shape index (κ3) is 8.18. The molecular weight excluding hydrogens is 463 g/mol. The molecule has 0 radical (unpaired) electrons. The normalized spacial score (nSPS) is 15.4. The second kappa shape index (κ2) is 12.5. The van der Waals surface area contributed by atoms with Gasteiger partial charge in [-0.15, -0.1) is 0 Å². The Bertz CT molecular complexity index is 1140. The molecule has 1 amide bonds. The number of nitrogens with one attached hydrogen (secondary N) is 1. The molecule has 0 spiro atoms. The van der Waals surface area contributed by atoms with Crippen LogP contribution in [0, 0.1) is 5.92 Å². The van der Waals surface area contributed by atoms with Gasteiger partial charge in [0.15, 0.2) is 0 Å². The number of amides is 1. The lowest BCUT2D eigenvalue weighted by Gasteiger charge is -2.25. The molecular formula is C27H31N2O5P. The average molecular weight is 495 g/mol. The molecule has 8 heteroatoms. The zero-order chi connectivity index (χ0) is 25.3. The van der Waals surface area contributed by atoms with E-state index in [1.165, 1.54) is 0 Å². The fourth-order valence-electron chi connectivity index (χ4n) is 3.93. The van der Waals surface area contributed by atoms with Gasteiger partial charge < -0.3 is 21.1 Å². The van der Waals surface area contributed by atoms with Crippen molar-refractivity contribution in [3.05, 3.63) is 108 Å². The quantitative estimate of drug-likeness (QED) is 0.286. The number of hydrogen-bond acceptors (Lipinski definition) is 4. The lowest BCUT2D eigenvalue weighted by atomic mass is 9.99. The molecule has 5 N–H and O–H groups in total. The van der Waals surface area contributed by atoms with E-state index >= 15 is 0 Å². The van der Waals surface area contributed by atoms with Crippen molar-refractivity contribution in [1.29, 1.82) is 0 Å². The van der Waals surface area contributed by atoms with Crippen LogP contribution in [0.2, 0.25) is 0 Å². The van der Waals surface area contributed by atoms with E-state index in [4.69, 9.17) is 5.73 Å². The van der Waals surface area contributed by atoms with Gasteiger partial charge in [0.2, 0.25) is 13.3 Å². The molecule has 1 unspecified atom stereocenters. The molecule has 3 aromatic carbocycles. The van der Waals surface area contributed by atoms with Gasteiger partial charge in [-0.05, 0) is 29.5 Å². The van der Waals surface area contributed by atoms with Crippen LogP contribution < -0.4 is 11.1 Å². The Morgan fingerprint density at radius 1 is 0.771 bits per heavy atom. The minimum Gasteiger partial charge on any atom is -0.480 e. The van der Waals surface area contributed by atoms with Crippen LogP contribution in [0.3, 0.4) is 0 Å². The number of aliphatic carboxylic acids is 1. The van der Waals surface area contributed by atoms with E-state index in [9.17, 15) is 24.2 Å². The van der Waals surface area contributed by atoms with Crippen molar-refractivity contribution in [2.45, 2.75) is 31.1 Å². The second-order valence-corrected chi connectivity index (χ2v) is 11.2. The number of carbonyl (C=O) groups is 2. The van der Waals surface area contributed by atoms with Crippen LogP contribution >= 0.6 is 7.37 Å². The molecule has 0 aliphatic carbocycles. The molecule has 184 valence electrons. The third-order valence-electron chi connectivity index (χ3n) is 5.88. The molecule has 0 aliphatic heterocycles. The largest absolute Gasteiger partial charge is 0.480 e. The van der Waals surface area contributed by atoms with E-state index in [0.29, 0.717) is 0 Å². The minimum atomic E-state index is -3.96. The summed E-state index contributed by atoms with van der Waals surface area (Å²) < 4.78 is 13.3. The molecule has 35 heavy (non-hydrogen) atoms. The van der Waals surface area contributed by atoms with Gasteiger partial charge in [-0.1, -0.05) is 91.0 Å². The van der Waals surface area contributed by atoms with Crippen LogP contribution in [0.5, 0.6) is 0 Å². The van der Waals surface area contributed by atoms with Gasteiger partial charge in [0, 0.05) is 12.6 Å². The Balaban J connectivity index is 1.77. The number of hydrogen-bond donors (Lipinski definition) is 4. The Morgan fingerprint density at radius 3 is 1.66 bits per heavy atom. The predicted molar refractivity (Wildman–Crippen MR) is 136 cm³/mol. The Kier molecular flexibility index (Phi) is 9.38. The van der Waals surface area contributed by atoms with Gasteiger partial charge in [0.1, 0.15) is 6.04 Å². The molecule has 0 aromatic heterocycles. The lowest BCUT2D eigenvalue weighted by molar-refractivity contribution is -0.142. The maximum atomic E-state index is 13.3. The first kappa shape index (κ1) is 26.4. The summed E-state index contributed by atoms with van der Waals surface area (Å²) in [5, 5.41) is 12.3. The van der Waals surface area contributed by atoms with Crippen LogP contribution in [0.25, 0.3) is 0 Å². The van der Waals surface area contributed by atoms with E-state index in [1.54, 1.807) is 24.3 Å². The topological polar surface area (TPSA) is 130 Å². The van der Waals surface area contributed by atoms with Gasteiger partial charge in [-0.2, -0.15) is 0 Å². The monoisotopic (exact) mass is 494 g/mol. The fraction of sp³-hybridized carbons (Fsp3) is 0.259. The molecule has 3 rings (SSSR count). The standard InChI is InChI=1S/C27H31N2O5P/c28-25(18-22-14-8-3-9-15-22)35(33,34)19-23(16-20-10-4-1-5-11-20)26(30)29-24(27(31)32)17-21-12-6-2-7-13-21/h1-15,23-25H,16-19,28H2,(H,29,30)(H,31,32)(H,33,34)/t23-,24+,25-/m1/s1. The van der Waals surface area contributed by atoms with Crippen LogP contribution in [0.4, 0.5) is 0 Å². The summed E-state index contributed by atoms with van der Waals surface area (Å²) in [5.41, 5.74) is 8.53. The first-order valence-electron chi connectivity index (χ1n) is 11.5. The molecule has 0 bridgehead atoms. The summed E-state index contributed by atoms with van der Waals surface area (Å²) in [7, 11) is -3.96. The number of benzene rings is 3. The Morgan fingerprint density at radius 2 is 1.20 bits per heavy atom. The van der Waals surface area contributed by atoms with Gasteiger partial charge in [-0.3, -0.25) is 9.36 Å². The summed E-state index contributed by atoms with van der Waals surface area (Å²) >= 11 is 0. The fourth-order valence-corrected chi connectivity index (χ4v) is 5.62. The van der Waals surface area contributed by atoms with Crippen molar-refractivity contribution in [3.8, 4) is 0 Å². The average Bonchev–Trinajstić information content (AvgIpc) is 2.85. The molecule has 7 nitrogen and oxygen atoms in total. The Labute approximate surface area is 205 Å².